The summed E-state index contributed by atoms with van der Waals surface area (Å²) in [4.78, 5) is 22.6. The summed E-state index contributed by atoms with van der Waals surface area (Å²) in [6.45, 7) is 1.79. The van der Waals surface area contributed by atoms with E-state index in [0.29, 0.717) is 16.8 Å². The van der Waals surface area contributed by atoms with E-state index in [9.17, 15) is 14.9 Å². The molecule has 0 radical (unpaired) electrons. The Balaban J connectivity index is 1.74. The van der Waals surface area contributed by atoms with E-state index in [1.165, 1.54) is 18.2 Å². The third-order valence-electron chi connectivity index (χ3n) is 3.59. The molecule has 0 bridgehead atoms. The number of hydrogen-bond donors (Lipinski definition) is 2. The number of amides is 1. The van der Waals surface area contributed by atoms with Gasteiger partial charge in [-0.3, -0.25) is 20.2 Å². The molecule has 0 aliphatic carbocycles. The number of aryl methyl sites for hydroxylation is 1. The fourth-order valence-electron chi connectivity index (χ4n) is 2.41. The van der Waals surface area contributed by atoms with Crippen LogP contribution in [0.2, 0.25) is 0 Å². The van der Waals surface area contributed by atoms with Crippen molar-refractivity contribution in [2.45, 2.75) is 6.92 Å². The van der Waals surface area contributed by atoms with E-state index in [2.05, 4.69) is 10.6 Å². The molecule has 7 nitrogen and oxygen atoms in total. The van der Waals surface area contributed by atoms with Crippen LogP contribution < -0.4 is 10.6 Å². The summed E-state index contributed by atoms with van der Waals surface area (Å²) in [6.07, 6.45) is 0. The fourth-order valence-corrected chi connectivity index (χ4v) is 2.62. The summed E-state index contributed by atoms with van der Waals surface area (Å²) in [7, 11) is 0. The molecule has 126 valence electrons. The highest BCUT2D eigenvalue weighted by atomic mass is 32.1. The maximum Gasteiger partial charge on any atom is 0.293 e. The van der Waals surface area contributed by atoms with Crippen molar-refractivity contribution in [2.24, 2.45) is 0 Å². The molecular formula is C17H13N3O4S. The number of furan rings is 1. The molecule has 3 rings (SSSR count). The monoisotopic (exact) mass is 355 g/mol. The topological polar surface area (TPSA) is 97.4 Å². The van der Waals surface area contributed by atoms with Gasteiger partial charge in [0, 0.05) is 28.8 Å². The first kappa shape index (κ1) is 16.6. The molecule has 0 spiro atoms. The van der Waals surface area contributed by atoms with Crippen LogP contribution in [0.5, 0.6) is 0 Å². The van der Waals surface area contributed by atoms with E-state index in [1.54, 1.807) is 19.1 Å². The second kappa shape index (κ2) is 6.70. The minimum atomic E-state index is -0.509. The standard InChI is InChI=1S/C17H13N3O4S/c1-10-13-7-2-3-8-14(13)24-15(10)16(21)19-17(25)18-11-5-4-6-12(9-11)20(22)23/h2-9H,1H3,(H2,18,19,21,25). The molecule has 0 aliphatic rings. The molecular weight excluding hydrogens is 342 g/mol. The number of hydrogen-bond acceptors (Lipinski definition) is 5. The highest BCUT2D eigenvalue weighted by molar-refractivity contribution is 7.80. The quantitative estimate of drug-likeness (QED) is 0.422. The van der Waals surface area contributed by atoms with Crippen molar-refractivity contribution in [2.75, 3.05) is 5.32 Å². The Labute approximate surface area is 147 Å². The number of benzene rings is 2. The van der Waals surface area contributed by atoms with Gasteiger partial charge >= 0.3 is 0 Å². The highest BCUT2D eigenvalue weighted by Crippen LogP contribution is 2.24. The number of anilines is 1. The van der Waals surface area contributed by atoms with E-state index in [4.69, 9.17) is 16.6 Å². The van der Waals surface area contributed by atoms with Crippen molar-refractivity contribution in [1.29, 1.82) is 0 Å². The number of para-hydroxylation sites is 1. The first-order valence-corrected chi connectivity index (χ1v) is 7.71. The van der Waals surface area contributed by atoms with Crippen LogP contribution in [0, 0.1) is 17.0 Å². The summed E-state index contributed by atoms with van der Waals surface area (Å²) < 4.78 is 5.57. The van der Waals surface area contributed by atoms with Gasteiger partial charge in [0.1, 0.15) is 5.58 Å². The van der Waals surface area contributed by atoms with Gasteiger partial charge in [-0.15, -0.1) is 0 Å². The Morgan fingerprint density at radius 1 is 1.20 bits per heavy atom. The van der Waals surface area contributed by atoms with Gasteiger partial charge in [0.25, 0.3) is 11.6 Å². The van der Waals surface area contributed by atoms with E-state index < -0.39 is 10.8 Å². The minimum absolute atomic E-state index is 0.0188. The number of nitro benzene ring substituents is 1. The number of rotatable bonds is 3. The number of thiocarbonyl (C=S) groups is 1. The van der Waals surface area contributed by atoms with Gasteiger partial charge < -0.3 is 9.73 Å². The molecule has 1 amide bonds. The molecule has 0 saturated carbocycles. The van der Waals surface area contributed by atoms with E-state index in [-0.39, 0.29) is 16.6 Å². The molecule has 1 heterocycles. The number of nitro groups is 1. The van der Waals surface area contributed by atoms with Gasteiger partial charge in [-0.25, -0.2) is 0 Å². The van der Waals surface area contributed by atoms with Crippen LogP contribution in [-0.4, -0.2) is 15.9 Å². The molecule has 0 fully saturated rings. The van der Waals surface area contributed by atoms with Crippen molar-refractivity contribution in [3.05, 3.63) is 70.0 Å². The Morgan fingerprint density at radius 3 is 2.68 bits per heavy atom. The van der Waals surface area contributed by atoms with Gasteiger partial charge in [0.15, 0.2) is 10.9 Å². The lowest BCUT2D eigenvalue weighted by molar-refractivity contribution is -0.384. The van der Waals surface area contributed by atoms with Gasteiger partial charge in [-0.1, -0.05) is 24.3 Å². The minimum Gasteiger partial charge on any atom is -0.451 e. The molecule has 3 aromatic rings. The lowest BCUT2D eigenvalue weighted by Crippen LogP contribution is -2.34. The predicted octanol–water partition coefficient (Wildman–Crippen LogP) is 3.78. The zero-order valence-electron chi connectivity index (χ0n) is 13.1. The third kappa shape index (κ3) is 3.48. The number of carbonyl (C=O) groups excluding carboxylic acids is 1. The molecule has 0 atom stereocenters. The van der Waals surface area contributed by atoms with Crippen molar-refractivity contribution in [1.82, 2.24) is 5.32 Å². The first-order valence-electron chi connectivity index (χ1n) is 7.30. The van der Waals surface area contributed by atoms with Gasteiger partial charge in [0.05, 0.1) is 4.92 Å². The van der Waals surface area contributed by atoms with Crippen LogP contribution in [0.25, 0.3) is 11.0 Å². The molecule has 0 aliphatic heterocycles. The van der Waals surface area contributed by atoms with Crippen molar-refractivity contribution < 1.29 is 14.1 Å². The van der Waals surface area contributed by atoms with E-state index in [1.807, 2.05) is 18.2 Å². The zero-order valence-corrected chi connectivity index (χ0v) is 13.9. The van der Waals surface area contributed by atoms with Crippen LogP contribution in [-0.2, 0) is 0 Å². The van der Waals surface area contributed by atoms with E-state index in [0.717, 1.165) is 5.39 Å². The Morgan fingerprint density at radius 2 is 1.96 bits per heavy atom. The second-order valence-corrected chi connectivity index (χ2v) is 5.68. The highest BCUT2D eigenvalue weighted by Gasteiger charge is 2.18. The molecule has 2 N–H and O–H groups in total. The van der Waals surface area contributed by atoms with Gasteiger partial charge in [-0.05, 0) is 31.3 Å². The second-order valence-electron chi connectivity index (χ2n) is 5.27. The molecule has 2 aromatic carbocycles. The SMILES string of the molecule is Cc1c(C(=O)NC(=S)Nc2cccc([N+](=O)[O-])c2)oc2ccccc12. The first-order chi connectivity index (χ1) is 12.0. The molecule has 0 saturated heterocycles. The fraction of sp³-hybridized carbons (Fsp3) is 0.0588. The maximum absolute atomic E-state index is 12.4. The van der Waals surface area contributed by atoms with Crippen LogP contribution in [0.15, 0.2) is 52.9 Å². The maximum atomic E-state index is 12.4. The van der Waals surface area contributed by atoms with Crippen LogP contribution in [0.3, 0.4) is 0 Å². The largest absolute Gasteiger partial charge is 0.451 e. The average molecular weight is 355 g/mol. The summed E-state index contributed by atoms with van der Waals surface area (Å²) in [5.41, 5.74) is 1.65. The Kier molecular flexibility index (Phi) is 4.44. The van der Waals surface area contributed by atoms with Crippen LogP contribution in [0.4, 0.5) is 11.4 Å². The molecule has 0 unspecified atom stereocenters. The smallest absolute Gasteiger partial charge is 0.293 e. The van der Waals surface area contributed by atoms with Crippen molar-refractivity contribution in [3.63, 3.8) is 0 Å². The van der Waals surface area contributed by atoms with Gasteiger partial charge in [0.2, 0.25) is 0 Å². The van der Waals surface area contributed by atoms with Crippen LogP contribution >= 0.6 is 12.2 Å². The van der Waals surface area contributed by atoms with Gasteiger partial charge in [-0.2, -0.15) is 0 Å². The lowest BCUT2D eigenvalue weighted by Gasteiger charge is -2.08. The van der Waals surface area contributed by atoms with Crippen molar-refractivity contribution in [3.8, 4) is 0 Å². The summed E-state index contributed by atoms with van der Waals surface area (Å²) in [5.74, 6) is -0.318. The summed E-state index contributed by atoms with van der Waals surface area (Å²) >= 11 is 5.09. The Hall–Kier alpha value is -3.26. The van der Waals surface area contributed by atoms with Crippen molar-refractivity contribution >= 4 is 45.6 Å². The summed E-state index contributed by atoms with van der Waals surface area (Å²) in [5, 5.41) is 16.9. The number of carbonyl (C=O) groups is 1. The Bertz CT molecular complexity index is 996. The number of nitrogens with one attached hydrogen (secondary N) is 2. The lowest BCUT2D eigenvalue weighted by atomic mass is 10.1. The predicted molar refractivity (Wildman–Crippen MR) is 97.7 cm³/mol. The third-order valence-corrected chi connectivity index (χ3v) is 3.80. The van der Waals surface area contributed by atoms with E-state index >= 15 is 0 Å². The number of fused-ring (bicyclic) bond motifs is 1. The zero-order chi connectivity index (χ0) is 18.0. The number of nitrogens with zero attached hydrogens (tertiary/aromatic N) is 1. The van der Waals surface area contributed by atoms with Crippen LogP contribution in [0.1, 0.15) is 16.1 Å². The number of non-ortho nitro benzene ring substituents is 1. The normalized spacial score (nSPS) is 10.4. The molecule has 8 heteroatoms. The molecule has 25 heavy (non-hydrogen) atoms. The summed E-state index contributed by atoms with van der Waals surface area (Å²) in [6, 6.07) is 13.1. The average Bonchev–Trinajstić information content (AvgIpc) is 2.92. The molecule has 1 aromatic heterocycles.